The summed E-state index contributed by atoms with van der Waals surface area (Å²) in [6.07, 6.45) is 1.05. The molecule has 9 heteroatoms. The van der Waals surface area contributed by atoms with Crippen molar-refractivity contribution in [3.8, 4) is 0 Å². The molecule has 0 aliphatic carbocycles. The van der Waals surface area contributed by atoms with Gasteiger partial charge in [0.1, 0.15) is 11.6 Å². The Balaban J connectivity index is 1.40. The van der Waals surface area contributed by atoms with E-state index in [2.05, 4.69) is 26.6 Å². The molecule has 3 unspecified atom stereocenters. The summed E-state index contributed by atoms with van der Waals surface area (Å²) >= 11 is 3.69. The number of carbonyl (C=O) groups excluding carboxylic acids is 3. The quantitative estimate of drug-likeness (QED) is 0.300. The minimum absolute atomic E-state index is 0.00797. The number of nitrogens with one attached hydrogen (secondary N) is 2. The third kappa shape index (κ3) is 4.80. The number of ether oxygens (including phenoxy) is 1. The normalized spacial score (nSPS) is 29.8. The molecule has 2 bridgehead atoms. The molecule has 3 aliphatic rings. The van der Waals surface area contributed by atoms with Crippen LogP contribution in [0, 0.1) is 11.8 Å². The Morgan fingerprint density at radius 2 is 1.57 bits per heavy atom. The van der Waals surface area contributed by atoms with E-state index < -0.39 is 29.6 Å². The van der Waals surface area contributed by atoms with Gasteiger partial charge in [0, 0.05) is 31.1 Å². The molecule has 0 aromatic heterocycles. The van der Waals surface area contributed by atoms with Gasteiger partial charge in [0.25, 0.3) is 0 Å². The lowest BCUT2D eigenvalue weighted by Crippen LogP contribution is -2.56. The first kappa shape index (κ1) is 25.9. The number of carbonyl (C=O) groups is 3. The second kappa shape index (κ2) is 10.9. The van der Waals surface area contributed by atoms with Crippen molar-refractivity contribution in [2.45, 2.75) is 54.9 Å². The van der Waals surface area contributed by atoms with E-state index in [1.165, 1.54) is 0 Å². The molecule has 3 aliphatic heterocycles. The predicted octanol–water partition coefficient (Wildman–Crippen LogP) is 2.14. The molecule has 5 rings (SSSR count). The van der Waals surface area contributed by atoms with Crippen molar-refractivity contribution in [1.82, 2.24) is 15.5 Å². The maximum Gasteiger partial charge on any atom is 0.246 e. The number of nitrogens with zero attached hydrogens (tertiary/aromatic N) is 1. The molecule has 2 aromatic rings. The zero-order chi connectivity index (χ0) is 26.0. The summed E-state index contributed by atoms with van der Waals surface area (Å²) in [6.45, 7) is 1.01. The molecule has 2 aromatic carbocycles. The van der Waals surface area contributed by atoms with E-state index in [1.54, 1.807) is 4.90 Å². The molecular weight excluding hydrogens is 538 g/mol. The van der Waals surface area contributed by atoms with Crippen LogP contribution >= 0.6 is 15.9 Å². The highest BCUT2D eigenvalue weighted by Crippen LogP contribution is 2.60. The highest BCUT2D eigenvalue weighted by atomic mass is 79.9. The summed E-state index contributed by atoms with van der Waals surface area (Å²) in [7, 11) is 0. The molecule has 3 N–H and O–H groups in total. The second-order valence-electron chi connectivity index (χ2n) is 10.0. The fourth-order valence-electron chi connectivity index (χ4n) is 6.15. The van der Waals surface area contributed by atoms with E-state index in [1.807, 2.05) is 60.7 Å². The minimum atomic E-state index is -1.08. The predicted molar refractivity (Wildman–Crippen MR) is 140 cm³/mol. The van der Waals surface area contributed by atoms with Gasteiger partial charge in [-0.25, -0.2) is 0 Å². The van der Waals surface area contributed by atoms with Crippen LogP contribution in [0.25, 0.3) is 0 Å². The molecule has 3 amide bonds. The topological polar surface area (TPSA) is 108 Å². The third-order valence-corrected chi connectivity index (χ3v) is 8.61. The standard InChI is InChI=1S/C28H32BrN3O5/c29-20-15-28-22(21(23(20)37-28)25(34)30-16-18-9-3-1-4-10-18)27(36)32(13-7-8-14-33)24(28)26(35)31-17-19-11-5-2-6-12-19/h1-6,9-12,20-24,33H,7-8,13-17H2,(H,30,34)(H,31,35)/t20?,21-,22+,23-,24?,28?/m1/s1. The van der Waals surface area contributed by atoms with Crippen LogP contribution in [0.3, 0.4) is 0 Å². The zero-order valence-corrected chi connectivity index (χ0v) is 22.1. The van der Waals surface area contributed by atoms with Gasteiger partial charge in [-0.15, -0.1) is 0 Å². The van der Waals surface area contributed by atoms with Crippen molar-refractivity contribution in [2.75, 3.05) is 13.2 Å². The number of aliphatic hydroxyl groups excluding tert-OH is 1. The first-order valence-corrected chi connectivity index (χ1v) is 13.7. The van der Waals surface area contributed by atoms with Gasteiger partial charge in [0.15, 0.2) is 0 Å². The average molecular weight is 570 g/mol. The minimum Gasteiger partial charge on any atom is -0.396 e. The fourth-order valence-corrected chi connectivity index (χ4v) is 7.09. The van der Waals surface area contributed by atoms with E-state index >= 15 is 0 Å². The molecule has 0 radical (unpaired) electrons. The summed E-state index contributed by atoms with van der Waals surface area (Å²) in [6, 6.07) is 18.4. The van der Waals surface area contributed by atoms with Crippen molar-refractivity contribution >= 4 is 33.7 Å². The smallest absolute Gasteiger partial charge is 0.246 e. The highest BCUT2D eigenvalue weighted by Gasteiger charge is 2.76. The molecule has 3 heterocycles. The third-order valence-electron chi connectivity index (χ3n) is 7.77. The van der Waals surface area contributed by atoms with E-state index in [0.717, 1.165) is 11.1 Å². The molecule has 0 saturated carbocycles. The Hall–Kier alpha value is -2.75. The first-order valence-electron chi connectivity index (χ1n) is 12.8. The number of rotatable bonds is 10. The van der Waals surface area contributed by atoms with Gasteiger partial charge in [0.05, 0.1) is 17.9 Å². The van der Waals surface area contributed by atoms with Crippen molar-refractivity contribution in [3.63, 3.8) is 0 Å². The number of halogens is 1. The summed E-state index contributed by atoms with van der Waals surface area (Å²) < 4.78 is 6.49. The Morgan fingerprint density at radius 1 is 0.973 bits per heavy atom. The number of alkyl halides is 1. The lowest BCUT2D eigenvalue weighted by Gasteiger charge is -2.34. The molecular formula is C28H32BrN3O5. The van der Waals surface area contributed by atoms with Gasteiger partial charge in [0.2, 0.25) is 17.7 Å². The van der Waals surface area contributed by atoms with Gasteiger partial charge >= 0.3 is 0 Å². The van der Waals surface area contributed by atoms with E-state index in [4.69, 9.17) is 4.74 Å². The van der Waals surface area contributed by atoms with E-state index in [0.29, 0.717) is 38.9 Å². The van der Waals surface area contributed by atoms with Gasteiger partial charge in [-0.2, -0.15) is 0 Å². The first-order chi connectivity index (χ1) is 18.0. The van der Waals surface area contributed by atoms with Crippen LogP contribution in [0.15, 0.2) is 60.7 Å². The Labute approximate surface area is 224 Å². The molecule has 3 fully saturated rings. The van der Waals surface area contributed by atoms with Crippen LogP contribution in [0.4, 0.5) is 0 Å². The monoisotopic (exact) mass is 569 g/mol. The Morgan fingerprint density at radius 3 is 2.16 bits per heavy atom. The Bertz CT molecular complexity index is 1130. The maximum absolute atomic E-state index is 13.9. The molecule has 6 atom stereocenters. The zero-order valence-electron chi connectivity index (χ0n) is 20.5. The molecule has 8 nitrogen and oxygen atoms in total. The van der Waals surface area contributed by atoms with Gasteiger partial charge in [-0.3, -0.25) is 14.4 Å². The van der Waals surface area contributed by atoms with Gasteiger partial charge < -0.3 is 25.4 Å². The molecule has 3 saturated heterocycles. The summed E-state index contributed by atoms with van der Waals surface area (Å²) in [5.41, 5.74) is 0.839. The number of amides is 3. The largest absolute Gasteiger partial charge is 0.396 e. The highest BCUT2D eigenvalue weighted by molar-refractivity contribution is 9.09. The van der Waals surface area contributed by atoms with Crippen molar-refractivity contribution in [1.29, 1.82) is 0 Å². The second-order valence-corrected chi connectivity index (χ2v) is 11.2. The molecule has 1 spiro atoms. The maximum atomic E-state index is 13.9. The summed E-state index contributed by atoms with van der Waals surface area (Å²) in [5.74, 6) is -2.17. The summed E-state index contributed by atoms with van der Waals surface area (Å²) in [4.78, 5) is 42.4. The lowest BCUT2D eigenvalue weighted by atomic mass is 9.70. The fraction of sp³-hybridized carbons (Fsp3) is 0.464. The number of aliphatic hydroxyl groups is 1. The lowest BCUT2D eigenvalue weighted by molar-refractivity contribution is -0.142. The Kier molecular flexibility index (Phi) is 7.65. The van der Waals surface area contributed by atoms with Gasteiger partial charge in [-0.05, 0) is 30.4 Å². The molecule has 196 valence electrons. The number of hydrogen-bond donors (Lipinski definition) is 3. The number of benzene rings is 2. The van der Waals surface area contributed by atoms with Crippen LogP contribution in [-0.4, -0.2) is 63.5 Å². The van der Waals surface area contributed by atoms with Gasteiger partial charge in [-0.1, -0.05) is 76.6 Å². The van der Waals surface area contributed by atoms with Crippen molar-refractivity contribution in [3.05, 3.63) is 71.8 Å². The SMILES string of the molecule is O=C(NCc1ccccc1)C1N(CCCCO)C(=O)[C@@H]2[C@@H](C(=O)NCc3ccccc3)[C@@H]3OC12CC3Br. The number of likely N-dealkylation sites (tertiary alicyclic amines) is 1. The van der Waals surface area contributed by atoms with Crippen LogP contribution in [-0.2, 0) is 32.2 Å². The van der Waals surface area contributed by atoms with Crippen molar-refractivity contribution in [2.24, 2.45) is 11.8 Å². The van der Waals surface area contributed by atoms with Crippen LogP contribution in [0.1, 0.15) is 30.4 Å². The number of hydrogen-bond acceptors (Lipinski definition) is 5. The van der Waals surface area contributed by atoms with Crippen LogP contribution < -0.4 is 10.6 Å². The number of fused-ring (bicyclic) bond motifs is 1. The average Bonchev–Trinajstić information content (AvgIpc) is 3.51. The summed E-state index contributed by atoms with van der Waals surface area (Å²) in [5, 5.41) is 15.3. The molecule has 37 heavy (non-hydrogen) atoms. The van der Waals surface area contributed by atoms with Crippen molar-refractivity contribution < 1.29 is 24.2 Å². The van der Waals surface area contributed by atoms with E-state index in [-0.39, 0.29) is 29.2 Å². The van der Waals surface area contributed by atoms with Crippen LogP contribution in [0.5, 0.6) is 0 Å². The number of unbranched alkanes of at least 4 members (excludes halogenated alkanes) is 1. The van der Waals surface area contributed by atoms with E-state index in [9.17, 15) is 19.5 Å². The van der Waals surface area contributed by atoms with Crippen LogP contribution in [0.2, 0.25) is 0 Å².